The molecule has 0 radical (unpaired) electrons. The van der Waals surface area contributed by atoms with E-state index in [1.807, 2.05) is 43.9 Å². The van der Waals surface area contributed by atoms with Crippen LogP contribution >= 0.6 is 0 Å². The van der Waals surface area contributed by atoms with E-state index >= 15 is 8.78 Å². The fraction of sp³-hybridized carbons (Fsp3) is 0.608. The van der Waals surface area contributed by atoms with Gasteiger partial charge in [-0.05, 0) is 120 Å². The second-order valence-corrected chi connectivity index (χ2v) is 26.7. The van der Waals surface area contributed by atoms with Crippen LogP contribution in [0.15, 0.2) is 36.5 Å². The van der Waals surface area contributed by atoms with Crippen molar-refractivity contribution in [2.45, 2.75) is 160 Å². The predicted molar refractivity (Wildman–Crippen MR) is 251 cm³/mol. The number of piperazine rings is 1. The summed E-state index contributed by atoms with van der Waals surface area (Å²) in [5.41, 5.74) is 5.73. The highest BCUT2D eigenvalue weighted by Crippen LogP contribution is 2.44. The van der Waals surface area contributed by atoms with Gasteiger partial charge >= 0.3 is 12.1 Å². The zero-order chi connectivity index (χ0) is 45.2. The zero-order valence-electron chi connectivity index (χ0n) is 39.4. The molecule has 4 atom stereocenters. The van der Waals surface area contributed by atoms with Gasteiger partial charge in [0.2, 0.25) is 0 Å². The Morgan fingerprint density at radius 3 is 2.33 bits per heavy atom. The smallest absolute Gasteiger partial charge is 0.410 e. The molecule has 4 fully saturated rings. The summed E-state index contributed by atoms with van der Waals surface area (Å²) in [7, 11) is -0.135. The van der Waals surface area contributed by atoms with Gasteiger partial charge in [0.15, 0.2) is 5.82 Å². The summed E-state index contributed by atoms with van der Waals surface area (Å²) >= 11 is 0. The third-order valence-electron chi connectivity index (χ3n) is 15.2. The second kappa shape index (κ2) is 17.3. The summed E-state index contributed by atoms with van der Waals surface area (Å²) in [6.45, 7) is 24.6. The van der Waals surface area contributed by atoms with Crippen LogP contribution in [0.25, 0.3) is 32.9 Å². The monoisotopic (exact) mass is 879 g/mol. The van der Waals surface area contributed by atoms with Crippen LogP contribution in [0.5, 0.6) is 6.01 Å². The minimum atomic E-state index is -2.26. The molecule has 0 saturated carbocycles. The fourth-order valence-electron chi connectivity index (χ4n) is 12.5. The first-order valence-corrected chi connectivity index (χ1v) is 25.8. The van der Waals surface area contributed by atoms with Gasteiger partial charge in [0.05, 0.1) is 22.8 Å². The summed E-state index contributed by atoms with van der Waals surface area (Å²) in [5.74, 6) is 2.34. The molecule has 2 aromatic heterocycles. The average molecular weight is 879 g/mol. The molecule has 4 aliphatic heterocycles. The molecule has 63 heavy (non-hydrogen) atoms. The van der Waals surface area contributed by atoms with Crippen molar-refractivity contribution in [2.75, 3.05) is 33.3 Å². The van der Waals surface area contributed by atoms with Crippen molar-refractivity contribution in [3.05, 3.63) is 59.4 Å². The molecule has 1 amide bonds. The number of nitrogens with zero attached hydrogens (tertiary/aromatic N) is 6. The van der Waals surface area contributed by atoms with Crippen LogP contribution in [-0.4, -0.2) is 106 Å². The third-order valence-corrected chi connectivity index (χ3v) is 21.5. The molecule has 9 nitrogen and oxygen atoms in total. The van der Waals surface area contributed by atoms with E-state index < -0.39 is 25.3 Å². The van der Waals surface area contributed by atoms with Crippen molar-refractivity contribution in [3.8, 4) is 28.7 Å². The number of hydrogen-bond donors (Lipinski definition) is 0. The van der Waals surface area contributed by atoms with Crippen LogP contribution in [0, 0.1) is 29.0 Å². The minimum absolute atomic E-state index is 0.00833. The van der Waals surface area contributed by atoms with Gasteiger partial charge in [0.1, 0.15) is 37.3 Å². The molecule has 4 aromatic rings. The topological polar surface area (TPSA) is 83.9 Å². The molecular formula is C51H68F2N6O3Si. The molecule has 4 saturated heterocycles. The first-order chi connectivity index (χ1) is 29.8. The van der Waals surface area contributed by atoms with Gasteiger partial charge in [0.25, 0.3) is 0 Å². The summed E-state index contributed by atoms with van der Waals surface area (Å²) in [4.78, 5) is 35.3. The lowest BCUT2D eigenvalue weighted by atomic mass is 9.87. The molecule has 0 aliphatic carbocycles. The number of halogens is 2. The molecule has 8 rings (SSSR count). The van der Waals surface area contributed by atoms with Gasteiger partial charge in [-0.15, -0.1) is 5.54 Å². The molecule has 338 valence electrons. The lowest BCUT2D eigenvalue weighted by Gasteiger charge is -2.47. The second-order valence-electron chi connectivity index (χ2n) is 21.1. The van der Waals surface area contributed by atoms with Crippen LogP contribution in [0.2, 0.25) is 16.6 Å². The number of likely N-dealkylation sites (N-methyl/N-ethyl adjacent to an activating group) is 1. The molecule has 0 N–H and O–H groups in total. The standard InChI is InChI=1S/C51H68F2N6O3Si/c1-31(2)63(32(3)4,33(5)6)26-21-37-40(52)19-17-35-15-12-16-38(43(35)37)45-44(53)46-39(28-54-48(56-46)61-30-51-22-13-24-58(51)25-14-23-51)41(55-45)27-34(7)47-42-20-18-36(29-57(47)11)59(42)49(60)62-50(8,9)10/h12,15-17,19,28,31-34,36,42,47H,13-14,18,20,22-25,27,29-30H2,1-11H3/t34-,36+,42-,47-/m0/s1. The number of likely N-dealkylation sites (tertiary alicyclic amines) is 1. The number of rotatable bonds is 10. The maximum Gasteiger partial charge on any atom is 0.410 e. The Balaban J connectivity index is 1.26. The SMILES string of the molecule is CC(C)[Si](C#Cc1c(F)ccc2cccc(-c3nc(C[C@H](C)[C@H]4[C@@H]5CC[C@H](CN4C)N5C(=O)OC(C)(C)C)c4cnc(OCC56CCCN5CCC6)nc4c3F)c12)(C(C)C)C(C)C. The van der Waals surface area contributed by atoms with E-state index in [2.05, 4.69) is 81.8 Å². The van der Waals surface area contributed by atoms with Crippen LogP contribution in [0.3, 0.4) is 0 Å². The Hall–Kier alpha value is -4.18. The highest BCUT2D eigenvalue weighted by Gasteiger charge is 2.50. The van der Waals surface area contributed by atoms with E-state index in [0.29, 0.717) is 51.7 Å². The first-order valence-electron chi connectivity index (χ1n) is 23.5. The number of carbonyl (C=O) groups excluding carboxylic acids is 1. The Kier molecular flexibility index (Phi) is 12.5. The Morgan fingerprint density at radius 1 is 0.968 bits per heavy atom. The number of pyridine rings is 1. The third kappa shape index (κ3) is 8.24. The number of carbonyl (C=O) groups is 1. The van der Waals surface area contributed by atoms with Gasteiger partial charge in [0, 0.05) is 41.2 Å². The van der Waals surface area contributed by atoms with Crippen LogP contribution in [0.1, 0.15) is 119 Å². The van der Waals surface area contributed by atoms with E-state index in [1.54, 1.807) is 12.3 Å². The van der Waals surface area contributed by atoms with Gasteiger partial charge in [-0.25, -0.2) is 23.5 Å². The minimum Gasteiger partial charge on any atom is -0.461 e. The lowest BCUT2D eigenvalue weighted by Crippen LogP contribution is -2.62. The van der Waals surface area contributed by atoms with Crippen molar-refractivity contribution in [3.63, 3.8) is 0 Å². The largest absolute Gasteiger partial charge is 0.461 e. The number of amides is 1. The molecule has 0 spiro atoms. The molecular weight excluding hydrogens is 811 g/mol. The van der Waals surface area contributed by atoms with E-state index in [-0.39, 0.29) is 58.5 Å². The van der Waals surface area contributed by atoms with Gasteiger partial charge < -0.3 is 9.47 Å². The summed E-state index contributed by atoms with van der Waals surface area (Å²) in [5, 5.41) is 1.81. The van der Waals surface area contributed by atoms with Crippen LogP contribution < -0.4 is 4.74 Å². The molecule has 6 heterocycles. The summed E-state index contributed by atoms with van der Waals surface area (Å²) in [6, 6.07) is 9.00. The van der Waals surface area contributed by atoms with E-state index in [9.17, 15) is 4.79 Å². The van der Waals surface area contributed by atoms with Crippen molar-refractivity contribution >= 4 is 35.8 Å². The Morgan fingerprint density at radius 2 is 1.67 bits per heavy atom. The van der Waals surface area contributed by atoms with E-state index in [0.717, 1.165) is 63.5 Å². The maximum absolute atomic E-state index is 17.7. The average Bonchev–Trinajstić information content (AvgIpc) is 3.90. The zero-order valence-corrected chi connectivity index (χ0v) is 40.4. The highest BCUT2D eigenvalue weighted by molar-refractivity contribution is 6.90. The Labute approximate surface area is 374 Å². The number of hydrogen-bond acceptors (Lipinski definition) is 8. The van der Waals surface area contributed by atoms with Crippen LogP contribution in [0.4, 0.5) is 13.6 Å². The number of benzene rings is 2. The molecule has 4 aliphatic rings. The van der Waals surface area contributed by atoms with Crippen LogP contribution in [-0.2, 0) is 11.2 Å². The summed E-state index contributed by atoms with van der Waals surface area (Å²) < 4.78 is 46.4. The predicted octanol–water partition coefficient (Wildman–Crippen LogP) is 11.0. The Bertz CT molecular complexity index is 2410. The highest BCUT2D eigenvalue weighted by atomic mass is 28.3. The van der Waals surface area contributed by atoms with Gasteiger partial charge in [-0.2, -0.15) is 4.98 Å². The number of ether oxygens (including phenoxy) is 2. The first kappa shape index (κ1) is 45.4. The van der Waals surface area contributed by atoms with Crippen molar-refractivity contribution in [2.24, 2.45) is 5.92 Å². The summed E-state index contributed by atoms with van der Waals surface area (Å²) in [6.07, 6.45) is 8.01. The molecule has 2 aromatic carbocycles. The molecule has 0 unspecified atom stereocenters. The fourth-order valence-corrected chi connectivity index (χ4v) is 17.7. The normalized spacial score (nSPS) is 22.0. The van der Waals surface area contributed by atoms with Gasteiger partial charge in [-0.3, -0.25) is 14.7 Å². The quantitative estimate of drug-likeness (QED) is 0.115. The molecule has 2 bridgehead atoms. The van der Waals surface area contributed by atoms with Crippen molar-refractivity contribution in [1.82, 2.24) is 29.7 Å². The van der Waals surface area contributed by atoms with Gasteiger partial charge in [-0.1, -0.05) is 78.7 Å². The number of fused-ring (bicyclic) bond motifs is 5. The van der Waals surface area contributed by atoms with E-state index in [1.165, 1.54) is 6.07 Å². The number of aromatic nitrogens is 3. The van der Waals surface area contributed by atoms with E-state index in [4.69, 9.17) is 19.4 Å². The lowest BCUT2D eigenvalue weighted by molar-refractivity contribution is -0.0258. The van der Waals surface area contributed by atoms with Crippen molar-refractivity contribution in [1.29, 1.82) is 0 Å². The molecule has 12 heteroatoms. The maximum atomic E-state index is 17.7. The van der Waals surface area contributed by atoms with Crippen molar-refractivity contribution < 1.29 is 23.0 Å².